The second kappa shape index (κ2) is 5.94. The SMILES string of the molecule is Cc1nc(S(=O)(=O)NCCOCC(=O)O)cn1C. The number of sulfonamides is 1. The molecule has 0 aromatic carbocycles. The number of nitrogens with zero attached hydrogens (tertiary/aromatic N) is 2. The van der Waals surface area contributed by atoms with Gasteiger partial charge in [-0.05, 0) is 6.92 Å². The molecule has 1 aromatic rings. The second-order valence-corrected chi connectivity index (χ2v) is 5.30. The fraction of sp³-hybridized carbons (Fsp3) is 0.556. The zero-order chi connectivity index (χ0) is 13.8. The van der Waals surface area contributed by atoms with Gasteiger partial charge < -0.3 is 14.4 Å². The van der Waals surface area contributed by atoms with Gasteiger partial charge >= 0.3 is 5.97 Å². The van der Waals surface area contributed by atoms with Crippen LogP contribution >= 0.6 is 0 Å². The number of hydrogen-bond donors (Lipinski definition) is 2. The standard InChI is InChI=1S/C9H15N3O5S/c1-7-11-8(5-12(7)2)18(15,16)10-3-4-17-6-9(13)14/h5,10H,3-4,6H2,1-2H3,(H,13,14). The molecule has 9 heteroatoms. The van der Waals surface area contributed by atoms with E-state index in [4.69, 9.17) is 9.84 Å². The summed E-state index contributed by atoms with van der Waals surface area (Å²) in [6.45, 7) is 1.21. The topological polar surface area (TPSA) is 111 Å². The lowest BCUT2D eigenvalue weighted by Gasteiger charge is -2.03. The fourth-order valence-corrected chi connectivity index (χ4v) is 2.19. The van der Waals surface area contributed by atoms with Gasteiger partial charge in [0.15, 0.2) is 5.03 Å². The number of hydrogen-bond acceptors (Lipinski definition) is 5. The first kappa shape index (κ1) is 14.6. The van der Waals surface area contributed by atoms with Crippen LogP contribution in [-0.2, 0) is 26.6 Å². The summed E-state index contributed by atoms with van der Waals surface area (Å²) in [5.41, 5.74) is 0. The Balaban J connectivity index is 2.48. The molecule has 0 saturated carbocycles. The molecule has 0 amide bonds. The predicted octanol–water partition coefficient (Wildman–Crippen LogP) is -0.892. The first-order valence-electron chi connectivity index (χ1n) is 5.12. The number of aryl methyl sites for hydroxylation is 2. The fourth-order valence-electron chi connectivity index (χ4n) is 1.14. The van der Waals surface area contributed by atoms with E-state index in [1.807, 2.05) is 0 Å². The zero-order valence-electron chi connectivity index (χ0n) is 10.1. The number of carboxylic acids is 1. The molecule has 0 saturated heterocycles. The van der Waals surface area contributed by atoms with Gasteiger partial charge in [-0.15, -0.1) is 0 Å². The Kier molecular flexibility index (Phi) is 4.82. The van der Waals surface area contributed by atoms with E-state index in [0.29, 0.717) is 5.82 Å². The van der Waals surface area contributed by atoms with Crippen LogP contribution in [-0.4, -0.2) is 48.8 Å². The minimum absolute atomic E-state index is 0.00870. The zero-order valence-corrected chi connectivity index (χ0v) is 10.9. The van der Waals surface area contributed by atoms with Gasteiger partial charge in [-0.25, -0.2) is 22.9 Å². The molecule has 0 fully saturated rings. The number of imidazole rings is 1. The van der Waals surface area contributed by atoms with Gasteiger partial charge in [0.25, 0.3) is 10.0 Å². The smallest absolute Gasteiger partial charge is 0.329 e. The third kappa shape index (κ3) is 4.09. The van der Waals surface area contributed by atoms with Crippen molar-refractivity contribution >= 4 is 16.0 Å². The van der Waals surface area contributed by atoms with Gasteiger partial charge in [0, 0.05) is 19.8 Å². The maximum atomic E-state index is 11.7. The van der Waals surface area contributed by atoms with Gasteiger partial charge in [-0.1, -0.05) is 0 Å². The molecule has 0 unspecified atom stereocenters. The first-order valence-corrected chi connectivity index (χ1v) is 6.60. The monoisotopic (exact) mass is 277 g/mol. The van der Waals surface area contributed by atoms with Crippen molar-refractivity contribution in [1.82, 2.24) is 14.3 Å². The molecule has 0 aliphatic carbocycles. The average molecular weight is 277 g/mol. The highest BCUT2D eigenvalue weighted by molar-refractivity contribution is 7.89. The molecule has 0 bridgehead atoms. The molecule has 0 radical (unpaired) electrons. The highest BCUT2D eigenvalue weighted by atomic mass is 32.2. The normalized spacial score (nSPS) is 11.7. The molecule has 1 heterocycles. The van der Waals surface area contributed by atoms with Crippen molar-refractivity contribution in [2.24, 2.45) is 7.05 Å². The van der Waals surface area contributed by atoms with E-state index in [1.54, 1.807) is 18.5 Å². The number of nitrogens with one attached hydrogen (secondary N) is 1. The van der Waals surface area contributed by atoms with E-state index in [9.17, 15) is 13.2 Å². The quantitative estimate of drug-likeness (QED) is 0.625. The summed E-state index contributed by atoms with van der Waals surface area (Å²) in [7, 11) is -1.98. The van der Waals surface area contributed by atoms with E-state index in [2.05, 4.69) is 9.71 Å². The molecular weight excluding hydrogens is 262 g/mol. The maximum absolute atomic E-state index is 11.7. The molecular formula is C9H15N3O5S. The molecule has 8 nitrogen and oxygen atoms in total. The summed E-state index contributed by atoms with van der Waals surface area (Å²) >= 11 is 0. The van der Waals surface area contributed by atoms with Crippen LogP contribution in [0.25, 0.3) is 0 Å². The number of carboxylic acid groups (broad SMARTS) is 1. The maximum Gasteiger partial charge on any atom is 0.329 e. The lowest BCUT2D eigenvalue weighted by molar-refractivity contribution is -0.142. The average Bonchev–Trinajstić information content (AvgIpc) is 2.59. The lowest BCUT2D eigenvalue weighted by Crippen LogP contribution is -2.28. The van der Waals surface area contributed by atoms with Crippen LogP contribution < -0.4 is 4.72 Å². The van der Waals surface area contributed by atoms with Crippen LogP contribution in [0.2, 0.25) is 0 Å². The van der Waals surface area contributed by atoms with Crippen LogP contribution in [0.3, 0.4) is 0 Å². The number of ether oxygens (including phenoxy) is 1. The summed E-state index contributed by atoms with van der Waals surface area (Å²) in [4.78, 5) is 14.0. The van der Waals surface area contributed by atoms with E-state index >= 15 is 0 Å². The lowest BCUT2D eigenvalue weighted by atomic mass is 10.7. The Morgan fingerprint density at radius 2 is 2.28 bits per heavy atom. The molecule has 0 spiro atoms. The Bertz CT molecular complexity index is 503. The Morgan fingerprint density at radius 1 is 1.61 bits per heavy atom. The van der Waals surface area contributed by atoms with Crippen molar-refractivity contribution in [2.75, 3.05) is 19.8 Å². The molecule has 0 atom stereocenters. The van der Waals surface area contributed by atoms with Crippen molar-refractivity contribution in [3.8, 4) is 0 Å². The van der Waals surface area contributed by atoms with Crippen LogP contribution in [0.5, 0.6) is 0 Å². The summed E-state index contributed by atoms with van der Waals surface area (Å²) in [5.74, 6) is -0.518. The highest BCUT2D eigenvalue weighted by Gasteiger charge is 2.17. The number of aromatic nitrogens is 2. The summed E-state index contributed by atoms with van der Waals surface area (Å²) in [6, 6.07) is 0. The van der Waals surface area contributed by atoms with Crippen molar-refractivity contribution in [3.63, 3.8) is 0 Å². The molecule has 2 N–H and O–H groups in total. The summed E-state index contributed by atoms with van der Waals surface area (Å²) in [5, 5.41) is 8.24. The van der Waals surface area contributed by atoms with Crippen LogP contribution in [0.4, 0.5) is 0 Å². The van der Waals surface area contributed by atoms with Crippen molar-refractivity contribution < 1.29 is 23.1 Å². The molecule has 1 rings (SSSR count). The van der Waals surface area contributed by atoms with Gasteiger partial charge in [0.2, 0.25) is 0 Å². The van der Waals surface area contributed by atoms with Crippen molar-refractivity contribution in [3.05, 3.63) is 12.0 Å². The third-order valence-electron chi connectivity index (χ3n) is 2.13. The van der Waals surface area contributed by atoms with Crippen LogP contribution in [0.1, 0.15) is 5.82 Å². The molecule has 0 aliphatic rings. The largest absolute Gasteiger partial charge is 0.480 e. The predicted molar refractivity (Wildman–Crippen MR) is 61.6 cm³/mol. The van der Waals surface area contributed by atoms with E-state index in [-0.39, 0.29) is 18.2 Å². The molecule has 1 aromatic heterocycles. The highest BCUT2D eigenvalue weighted by Crippen LogP contribution is 2.06. The van der Waals surface area contributed by atoms with Gasteiger partial charge in [-0.3, -0.25) is 0 Å². The minimum Gasteiger partial charge on any atom is -0.480 e. The third-order valence-corrected chi connectivity index (χ3v) is 3.46. The van der Waals surface area contributed by atoms with E-state index in [1.165, 1.54) is 6.20 Å². The van der Waals surface area contributed by atoms with Crippen LogP contribution in [0, 0.1) is 6.92 Å². The van der Waals surface area contributed by atoms with Crippen molar-refractivity contribution in [2.45, 2.75) is 11.9 Å². The summed E-state index contributed by atoms with van der Waals surface area (Å²) in [6.07, 6.45) is 1.40. The minimum atomic E-state index is -3.67. The molecule has 102 valence electrons. The molecule has 0 aliphatic heterocycles. The van der Waals surface area contributed by atoms with Crippen LogP contribution in [0.15, 0.2) is 11.2 Å². The Hall–Kier alpha value is -1.45. The molecule has 18 heavy (non-hydrogen) atoms. The summed E-state index contributed by atoms with van der Waals surface area (Å²) < 4.78 is 32.0. The van der Waals surface area contributed by atoms with Gasteiger partial charge in [0.05, 0.1) is 6.61 Å². The number of carbonyl (C=O) groups is 1. The Morgan fingerprint density at radius 3 is 2.78 bits per heavy atom. The first-order chi connectivity index (χ1) is 8.33. The van der Waals surface area contributed by atoms with E-state index in [0.717, 1.165) is 0 Å². The van der Waals surface area contributed by atoms with E-state index < -0.39 is 22.6 Å². The van der Waals surface area contributed by atoms with Gasteiger partial charge in [-0.2, -0.15) is 0 Å². The Labute approximate surface area is 105 Å². The second-order valence-electron chi connectivity index (χ2n) is 3.58. The van der Waals surface area contributed by atoms with Gasteiger partial charge in [0.1, 0.15) is 12.4 Å². The number of aliphatic carboxylic acids is 1. The van der Waals surface area contributed by atoms with Crippen molar-refractivity contribution in [1.29, 1.82) is 0 Å². The number of rotatable bonds is 7.